The smallest absolute Gasteiger partial charge is 0.198 e. The third-order valence-electron chi connectivity index (χ3n) is 1.35. The average Bonchev–Trinajstić information content (AvgIpc) is 2.04. The van der Waals surface area contributed by atoms with E-state index in [1.165, 1.54) is 0 Å². The fraction of sp³-hybridized carbons (Fsp3) is 0.571. The first kappa shape index (κ1) is 8.59. The van der Waals surface area contributed by atoms with Gasteiger partial charge in [-0.15, -0.1) is 0 Å². The molecule has 0 aliphatic carbocycles. The molecule has 0 aromatic heterocycles. The van der Waals surface area contributed by atoms with Crippen LogP contribution in [0.25, 0.3) is 0 Å². The molecular weight excluding hydrogens is 212 g/mol. The van der Waals surface area contributed by atoms with Gasteiger partial charge < -0.3 is 9.47 Å². The van der Waals surface area contributed by atoms with Crippen molar-refractivity contribution in [1.29, 1.82) is 0 Å². The molecule has 0 saturated carbocycles. The van der Waals surface area contributed by atoms with Crippen LogP contribution in [0.4, 0.5) is 0 Å². The molecule has 1 rings (SSSR count). The van der Waals surface area contributed by atoms with Crippen molar-refractivity contribution in [2.75, 3.05) is 6.61 Å². The average molecular weight is 221 g/mol. The van der Waals surface area contributed by atoms with E-state index >= 15 is 0 Å². The van der Waals surface area contributed by atoms with Crippen LogP contribution in [0.5, 0.6) is 0 Å². The van der Waals surface area contributed by atoms with Gasteiger partial charge in [0.25, 0.3) is 0 Å². The van der Waals surface area contributed by atoms with Gasteiger partial charge in [0.2, 0.25) is 0 Å². The second-order valence-corrected chi connectivity index (χ2v) is 3.12. The fourth-order valence-corrected chi connectivity index (χ4v) is 1.18. The molecule has 1 heterocycles. The Bertz CT molecular complexity index is 188. The maximum atomic E-state index is 10.4. The molecule has 1 unspecified atom stereocenters. The van der Waals surface area contributed by atoms with E-state index in [1.807, 2.05) is 6.92 Å². The largest absolute Gasteiger partial charge is 0.489 e. The number of rotatable bonds is 2. The van der Waals surface area contributed by atoms with Crippen LogP contribution in [0.3, 0.4) is 0 Å². The molecule has 1 atom stereocenters. The summed E-state index contributed by atoms with van der Waals surface area (Å²) in [5.74, 6) is 0.941. The standard InChI is InChI=1S/C7H9BrO3/c1-2-5-6(3-9)11-7(8)4-10-5/h3,7H,2,4H2,1H3. The number of halogens is 1. The maximum Gasteiger partial charge on any atom is 0.198 e. The molecule has 62 valence electrons. The van der Waals surface area contributed by atoms with E-state index in [9.17, 15) is 4.79 Å². The van der Waals surface area contributed by atoms with E-state index in [1.54, 1.807) is 0 Å². The minimum absolute atomic E-state index is 0.196. The number of carbonyl (C=O) groups is 1. The Morgan fingerprint density at radius 3 is 3.09 bits per heavy atom. The first-order valence-corrected chi connectivity index (χ1v) is 4.31. The Labute approximate surface area is 73.5 Å². The van der Waals surface area contributed by atoms with Crippen molar-refractivity contribution in [3.05, 3.63) is 11.5 Å². The Hall–Kier alpha value is -0.510. The summed E-state index contributed by atoms with van der Waals surface area (Å²) in [6, 6.07) is 0. The third-order valence-corrected chi connectivity index (χ3v) is 1.80. The van der Waals surface area contributed by atoms with Gasteiger partial charge in [-0.3, -0.25) is 4.79 Å². The molecule has 0 aromatic rings. The second kappa shape index (κ2) is 3.76. The molecule has 1 aliphatic rings. The number of hydrogen-bond acceptors (Lipinski definition) is 3. The van der Waals surface area contributed by atoms with Gasteiger partial charge in [0.15, 0.2) is 17.1 Å². The summed E-state index contributed by atoms with van der Waals surface area (Å²) >= 11 is 3.19. The van der Waals surface area contributed by atoms with Crippen molar-refractivity contribution in [3.8, 4) is 0 Å². The monoisotopic (exact) mass is 220 g/mol. The molecule has 0 N–H and O–H groups in total. The first-order chi connectivity index (χ1) is 5.27. The van der Waals surface area contributed by atoms with Gasteiger partial charge in [-0.05, 0) is 15.9 Å². The van der Waals surface area contributed by atoms with Crippen LogP contribution >= 0.6 is 15.9 Å². The van der Waals surface area contributed by atoms with Crippen LogP contribution in [0.2, 0.25) is 0 Å². The molecule has 1 aliphatic heterocycles. The molecule has 0 spiro atoms. The highest BCUT2D eigenvalue weighted by atomic mass is 79.9. The minimum Gasteiger partial charge on any atom is -0.489 e. The van der Waals surface area contributed by atoms with Crippen LogP contribution in [-0.4, -0.2) is 17.9 Å². The number of allylic oxidation sites excluding steroid dienone is 2. The lowest BCUT2D eigenvalue weighted by Crippen LogP contribution is -2.20. The number of hydrogen-bond donors (Lipinski definition) is 0. The summed E-state index contributed by atoms with van der Waals surface area (Å²) < 4.78 is 10.4. The van der Waals surface area contributed by atoms with E-state index < -0.39 is 0 Å². The molecule has 0 aromatic carbocycles. The van der Waals surface area contributed by atoms with Crippen LogP contribution < -0.4 is 0 Å². The van der Waals surface area contributed by atoms with Crippen LogP contribution in [0, 0.1) is 0 Å². The summed E-state index contributed by atoms with van der Waals surface area (Å²) in [6.07, 6.45) is 1.36. The van der Waals surface area contributed by atoms with Crippen molar-refractivity contribution < 1.29 is 14.3 Å². The lowest BCUT2D eigenvalue weighted by atomic mass is 10.3. The third kappa shape index (κ3) is 1.96. The zero-order chi connectivity index (χ0) is 8.27. The SMILES string of the molecule is CCC1=C(C=O)OC(Br)CO1. The molecule has 0 saturated heterocycles. The van der Waals surface area contributed by atoms with Crippen molar-refractivity contribution in [1.82, 2.24) is 0 Å². The highest BCUT2D eigenvalue weighted by Crippen LogP contribution is 2.21. The minimum atomic E-state index is -0.196. The zero-order valence-corrected chi connectivity index (χ0v) is 7.76. The number of alkyl halides is 1. The molecule has 4 heteroatoms. The van der Waals surface area contributed by atoms with Gasteiger partial charge in [-0.25, -0.2) is 0 Å². The summed E-state index contributed by atoms with van der Waals surface area (Å²) in [4.78, 5) is 10.4. The van der Waals surface area contributed by atoms with Crippen molar-refractivity contribution in [2.45, 2.75) is 18.4 Å². The lowest BCUT2D eigenvalue weighted by Gasteiger charge is -2.22. The molecule has 11 heavy (non-hydrogen) atoms. The van der Waals surface area contributed by atoms with E-state index in [4.69, 9.17) is 9.47 Å². The number of ether oxygens (including phenoxy) is 2. The molecule has 0 radical (unpaired) electrons. The van der Waals surface area contributed by atoms with Crippen molar-refractivity contribution in [2.24, 2.45) is 0 Å². The fourth-order valence-electron chi connectivity index (χ4n) is 0.845. The molecule has 3 nitrogen and oxygen atoms in total. The predicted molar refractivity (Wildman–Crippen MR) is 43.1 cm³/mol. The van der Waals surface area contributed by atoms with Gasteiger partial charge in [0.05, 0.1) is 0 Å². The molecule has 0 bridgehead atoms. The van der Waals surface area contributed by atoms with E-state index in [2.05, 4.69) is 15.9 Å². The predicted octanol–water partition coefficient (Wildman–Crippen LogP) is 1.57. The second-order valence-electron chi connectivity index (χ2n) is 2.10. The molecule has 0 amide bonds. The molecule has 0 fully saturated rings. The normalized spacial score (nSPS) is 24.0. The summed E-state index contributed by atoms with van der Waals surface area (Å²) in [6.45, 7) is 2.37. The van der Waals surface area contributed by atoms with Gasteiger partial charge in [0.1, 0.15) is 12.4 Å². The Balaban J connectivity index is 2.74. The van der Waals surface area contributed by atoms with E-state index in [0.717, 1.165) is 0 Å². The van der Waals surface area contributed by atoms with Crippen LogP contribution in [0.1, 0.15) is 13.3 Å². The Morgan fingerprint density at radius 2 is 2.55 bits per heavy atom. The lowest BCUT2D eigenvalue weighted by molar-refractivity contribution is -0.110. The van der Waals surface area contributed by atoms with Crippen LogP contribution in [-0.2, 0) is 14.3 Å². The highest BCUT2D eigenvalue weighted by molar-refractivity contribution is 9.09. The van der Waals surface area contributed by atoms with Crippen molar-refractivity contribution >= 4 is 22.2 Å². The number of carbonyl (C=O) groups excluding carboxylic acids is 1. The Morgan fingerprint density at radius 1 is 1.82 bits per heavy atom. The Kier molecular flexibility index (Phi) is 2.93. The maximum absolute atomic E-state index is 10.4. The highest BCUT2D eigenvalue weighted by Gasteiger charge is 2.19. The topological polar surface area (TPSA) is 35.5 Å². The van der Waals surface area contributed by atoms with Crippen molar-refractivity contribution in [3.63, 3.8) is 0 Å². The summed E-state index contributed by atoms with van der Waals surface area (Å²) in [5, 5.41) is -0.196. The summed E-state index contributed by atoms with van der Waals surface area (Å²) in [5.41, 5.74) is 0. The molecular formula is C7H9BrO3. The quantitative estimate of drug-likeness (QED) is 0.524. The van der Waals surface area contributed by atoms with E-state index in [0.29, 0.717) is 30.8 Å². The van der Waals surface area contributed by atoms with Gasteiger partial charge in [-0.2, -0.15) is 0 Å². The van der Waals surface area contributed by atoms with Gasteiger partial charge >= 0.3 is 0 Å². The summed E-state index contributed by atoms with van der Waals surface area (Å²) in [7, 11) is 0. The zero-order valence-electron chi connectivity index (χ0n) is 6.17. The van der Waals surface area contributed by atoms with Crippen LogP contribution in [0.15, 0.2) is 11.5 Å². The van der Waals surface area contributed by atoms with E-state index in [-0.39, 0.29) is 5.01 Å². The van der Waals surface area contributed by atoms with Gasteiger partial charge in [-0.1, -0.05) is 6.92 Å². The number of aldehydes is 1. The van der Waals surface area contributed by atoms with Gasteiger partial charge in [0, 0.05) is 6.42 Å². The first-order valence-electron chi connectivity index (χ1n) is 3.39.